The summed E-state index contributed by atoms with van der Waals surface area (Å²) in [5, 5.41) is -0.155. The first kappa shape index (κ1) is 27.0. The van der Waals surface area contributed by atoms with Gasteiger partial charge >= 0.3 is 23.1 Å². The molecule has 2 aromatic heterocycles. The van der Waals surface area contributed by atoms with Crippen molar-refractivity contribution in [1.29, 1.82) is 0 Å². The van der Waals surface area contributed by atoms with E-state index in [4.69, 9.17) is 9.47 Å². The summed E-state index contributed by atoms with van der Waals surface area (Å²) in [5.74, 6) is 1.31. The number of fused-ring (bicyclic) bond motifs is 1. The van der Waals surface area contributed by atoms with Crippen molar-refractivity contribution in [3.05, 3.63) is 41.2 Å². The van der Waals surface area contributed by atoms with Crippen LogP contribution in [-0.4, -0.2) is 71.6 Å². The predicted octanol–water partition coefficient (Wildman–Crippen LogP) is 0.265. The Hall–Kier alpha value is -1.96. The summed E-state index contributed by atoms with van der Waals surface area (Å²) >= 11 is 0. The van der Waals surface area contributed by atoms with Crippen LogP contribution in [0, 0.1) is 13.8 Å². The Bertz CT molecular complexity index is 1080. The van der Waals surface area contributed by atoms with Gasteiger partial charge in [0.25, 0.3) is 10.0 Å². The van der Waals surface area contributed by atoms with Crippen molar-refractivity contribution in [3.8, 4) is 11.5 Å². The molecular formula is C17H26MgN4O6S. The molecule has 0 radical (unpaired) electrons. The summed E-state index contributed by atoms with van der Waals surface area (Å²) in [6, 6.07) is 5.11. The maximum atomic E-state index is 12.6. The van der Waals surface area contributed by atoms with Crippen molar-refractivity contribution in [3.63, 3.8) is 0 Å². The standard InChI is InChI=1S/C17H20N4O4S.Mg.2H2O.2H/c1-10-8-18-15(11(2)16(10)25-4)9-19-26(22,23)17-20-13-6-5-12(24-3)7-14(13)21-17;;;;;/h5-8,19H,9H2,1-4H3,(H,20,21);;2*1H2;;/q;+2;;;2*-1. The number of imidazole rings is 1. The number of aromatic nitrogens is 3. The topological polar surface area (TPSA) is 169 Å². The normalized spacial score (nSPS) is 10.5. The second-order valence-electron chi connectivity index (χ2n) is 5.80. The average molecular weight is 439 g/mol. The number of aromatic amines is 1. The van der Waals surface area contributed by atoms with Crippen LogP contribution in [0.5, 0.6) is 11.5 Å². The molecular weight excluding hydrogens is 413 g/mol. The van der Waals surface area contributed by atoms with E-state index in [9.17, 15) is 8.42 Å². The summed E-state index contributed by atoms with van der Waals surface area (Å²) in [4.78, 5) is 11.2. The number of rotatable bonds is 6. The molecule has 0 atom stereocenters. The van der Waals surface area contributed by atoms with Crippen molar-refractivity contribution < 1.29 is 31.7 Å². The maximum absolute atomic E-state index is 12.6. The summed E-state index contributed by atoms with van der Waals surface area (Å²) in [5.41, 5.74) is 3.40. The van der Waals surface area contributed by atoms with Gasteiger partial charge in [-0.15, -0.1) is 0 Å². The molecule has 0 spiro atoms. The summed E-state index contributed by atoms with van der Waals surface area (Å²) in [6.45, 7) is 3.76. The van der Waals surface area contributed by atoms with E-state index in [0.717, 1.165) is 11.1 Å². The fraction of sp³-hybridized carbons (Fsp3) is 0.294. The number of sulfonamides is 1. The predicted molar refractivity (Wildman–Crippen MR) is 112 cm³/mol. The molecule has 1 aromatic carbocycles. The molecule has 0 amide bonds. The smallest absolute Gasteiger partial charge is 1.00 e. The van der Waals surface area contributed by atoms with E-state index in [1.165, 1.54) is 0 Å². The molecule has 0 bridgehead atoms. The van der Waals surface area contributed by atoms with E-state index in [0.29, 0.717) is 28.2 Å². The quantitative estimate of drug-likeness (QED) is 0.523. The first-order valence-corrected chi connectivity index (χ1v) is 9.36. The molecule has 0 fully saturated rings. The summed E-state index contributed by atoms with van der Waals surface area (Å²) in [6.07, 6.45) is 1.66. The molecule has 12 heteroatoms. The molecule has 0 saturated carbocycles. The van der Waals surface area contributed by atoms with Crippen molar-refractivity contribution >= 4 is 44.1 Å². The zero-order valence-electron chi connectivity index (χ0n) is 18.7. The molecule has 29 heavy (non-hydrogen) atoms. The van der Waals surface area contributed by atoms with Crippen LogP contribution < -0.4 is 14.2 Å². The van der Waals surface area contributed by atoms with Gasteiger partial charge < -0.3 is 28.3 Å². The second kappa shape index (κ2) is 10.7. The van der Waals surface area contributed by atoms with Crippen molar-refractivity contribution in [2.24, 2.45) is 0 Å². The molecule has 10 nitrogen and oxygen atoms in total. The van der Waals surface area contributed by atoms with E-state index in [1.807, 2.05) is 13.8 Å². The number of nitrogens with zero attached hydrogens (tertiary/aromatic N) is 2. The third-order valence-electron chi connectivity index (χ3n) is 4.10. The van der Waals surface area contributed by atoms with Crippen LogP contribution in [0.2, 0.25) is 0 Å². The Morgan fingerprint density at radius 1 is 1.17 bits per heavy atom. The van der Waals surface area contributed by atoms with Gasteiger partial charge in [-0.3, -0.25) is 4.98 Å². The van der Waals surface area contributed by atoms with Gasteiger partial charge in [0.1, 0.15) is 11.5 Å². The molecule has 6 N–H and O–H groups in total. The number of aryl methyl sites for hydroxylation is 1. The largest absolute Gasteiger partial charge is 2.00 e. The van der Waals surface area contributed by atoms with E-state index in [1.54, 1.807) is 38.6 Å². The van der Waals surface area contributed by atoms with Crippen LogP contribution in [0.15, 0.2) is 29.6 Å². The van der Waals surface area contributed by atoms with Crippen molar-refractivity contribution in [2.45, 2.75) is 25.5 Å². The van der Waals surface area contributed by atoms with Crippen molar-refractivity contribution in [2.75, 3.05) is 14.2 Å². The SMILES string of the molecule is COc1ccc2nc(S(=O)(=O)NCc3ncc(C)c(OC)c3C)[nH]c2c1.O.O.[H-].[H-].[Mg+2]. The van der Waals surface area contributed by atoms with Gasteiger partial charge in [0, 0.05) is 23.4 Å². The average Bonchev–Trinajstić information content (AvgIpc) is 3.05. The molecule has 0 aliphatic carbocycles. The van der Waals surface area contributed by atoms with E-state index in [2.05, 4.69) is 19.7 Å². The molecule has 2 heterocycles. The third kappa shape index (κ3) is 5.56. The molecule has 3 aromatic rings. The van der Waals surface area contributed by atoms with Gasteiger partial charge in [-0.25, -0.2) is 18.1 Å². The zero-order valence-corrected chi connectivity index (χ0v) is 18.9. The van der Waals surface area contributed by atoms with Gasteiger partial charge in [-0.1, -0.05) is 0 Å². The number of H-pyrrole nitrogens is 1. The zero-order chi connectivity index (χ0) is 18.9. The van der Waals surface area contributed by atoms with Crippen LogP contribution in [-0.2, 0) is 16.6 Å². The van der Waals surface area contributed by atoms with E-state index in [-0.39, 0.29) is 48.6 Å². The fourth-order valence-corrected chi connectivity index (χ4v) is 3.63. The molecule has 0 aliphatic heterocycles. The minimum absolute atomic E-state index is 0. The summed E-state index contributed by atoms with van der Waals surface area (Å²) in [7, 11) is -0.706. The Morgan fingerprint density at radius 3 is 2.48 bits per heavy atom. The number of methoxy groups -OCH3 is 2. The summed E-state index contributed by atoms with van der Waals surface area (Å²) < 4.78 is 38.1. The fourth-order valence-electron chi connectivity index (χ4n) is 2.70. The molecule has 158 valence electrons. The van der Waals surface area contributed by atoms with Crippen molar-refractivity contribution in [1.82, 2.24) is 19.7 Å². The Balaban J connectivity index is -0.00000157. The Morgan fingerprint density at radius 2 is 1.86 bits per heavy atom. The molecule has 0 saturated heterocycles. The number of hydrogen-bond donors (Lipinski definition) is 2. The number of ether oxygens (including phenoxy) is 2. The monoisotopic (exact) mass is 438 g/mol. The number of benzene rings is 1. The van der Waals surface area contributed by atoms with Crippen LogP contribution in [0.1, 0.15) is 19.7 Å². The van der Waals surface area contributed by atoms with Crippen LogP contribution in [0.4, 0.5) is 0 Å². The molecule has 0 unspecified atom stereocenters. The minimum Gasteiger partial charge on any atom is -1.00 e. The number of pyridine rings is 1. The number of hydrogen-bond acceptors (Lipinski definition) is 6. The van der Waals surface area contributed by atoms with Gasteiger partial charge in [0.05, 0.1) is 37.5 Å². The van der Waals surface area contributed by atoms with Gasteiger partial charge in [0.2, 0.25) is 5.16 Å². The molecule has 3 rings (SSSR count). The third-order valence-corrected chi connectivity index (χ3v) is 5.33. The van der Waals surface area contributed by atoms with E-state index < -0.39 is 10.0 Å². The van der Waals surface area contributed by atoms with Crippen LogP contribution >= 0.6 is 0 Å². The van der Waals surface area contributed by atoms with Gasteiger partial charge in [0.15, 0.2) is 0 Å². The van der Waals surface area contributed by atoms with Crippen LogP contribution in [0.25, 0.3) is 11.0 Å². The second-order valence-corrected chi connectivity index (χ2v) is 7.48. The first-order valence-electron chi connectivity index (χ1n) is 7.88. The maximum Gasteiger partial charge on any atom is 2.00 e. The van der Waals surface area contributed by atoms with Crippen LogP contribution in [0.3, 0.4) is 0 Å². The Labute approximate surface area is 187 Å². The number of nitrogens with one attached hydrogen (secondary N) is 2. The molecule has 0 aliphatic rings. The minimum atomic E-state index is -3.82. The Kier molecular flexibility index (Phi) is 9.98. The first-order chi connectivity index (χ1) is 12.4. The van der Waals surface area contributed by atoms with Gasteiger partial charge in [-0.2, -0.15) is 0 Å². The van der Waals surface area contributed by atoms with E-state index >= 15 is 0 Å². The van der Waals surface area contributed by atoms with Gasteiger partial charge in [-0.05, 0) is 26.0 Å².